The number of carbonyl (C=O) groups is 1. The van der Waals surface area contributed by atoms with Gasteiger partial charge >= 0.3 is 0 Å². The monoisotopic (exact) mass is 445 g/mol. The molecule has 0 saturated carbocycles. The van der Waals surface area contributed by atoms with Crippen LogP contribution >= 0.6 is 0 Å². The van der Waals surface area contributed by atoms with E-state index in [2.05, 4.69) is 30.0 Å². The van der Waals surface area contributed by atoms with E-state index in [9.17, 15) is 4.79 Å². The second-order valence-corrected chi connectivity index (χ2v) is 9.27. The van der Waals surface area contributed by atoms with Gasteiger partial charge in [0.05, 0.1) is 37.1 Å². The molecule has 1 amide bonds. The summed E-state index contributed by atoms with van der Waals surface area (Å²) in [6.07, 6.45) is 5.58. The van der Waals surface area contributed by atoms with Crippen LogP contribution in [0.4, 0.5) is 0 Å². The van der Waals surface area contributed by atoms with Gasteiger partial charge in [-0.15, -0.1) is 0 Å². The number of imidazole rings is 1. The molecule has 0 radical (unpaired) electrons. The highest BCUT2D eigenvalue weighted by Crippen LogP contribution is 2.38. The maximum atomic E-state index is 13.2. The van der Waals surface area contributed by atoms with Crippen LogP contribution in [0.3, 0.4) is 0 Å². The number of fused-ring (bicyclic) bond motifs is 1. The van der Waals surface area contributed by atoms with E-state index >= 15 is 0 Å². The zero-order valence-electron chi connectivity index (χ0n) is 19.5. The molecule has 0 unspecified atom stereocenters. The van der Waals surface area contributed by atoms with Gasteiger partial charge in [0.15, 0.2) is 0 Å². The number of rotatable bonds is 5. The smallest absolute Gasteiger partial charge is 0.261 e. The molecule has 8 nitrogen and oxygen atoms in total. The van der Waals surface area contributed by atoms with E-state index in [0.717, 1.165) is 27.8 Å². The Morgan fingerprint density at radius 2 is 1.73 bits per heavy atom. The van der Waals surface area contributed by atoms with Crippen LogP contribution in [0.15, 0.2) is 49.1 Å². The van der Waals surface area contributed by atoms with Crippen LogP contribution in [0.5, 0.6) is 11.5 Å². The van der Waals surface area contributed by atoms with Crippen LogP contribution in [-0.2, 0) is 7.05 Å². The Hall–Kier alpha value is -3.81. The zero-order chi connectivity index (χ0) is 23.3. The molecule has 170 valence electrons. The number of hydrogen-bond acceptors (Lipinski definition) is 5. The number of ether oxygens (including phenoxy) is 2. The van der Waals surface area contributed by atoms with Crippen molar-refractivity contribution in [2.75, 3.05) is 27.3 Å². The number of hydrogen-bond donors (Lipinski definition) is 0. The van der Waals surface area contributed by atoms with Gasteiger partial charge in [0.1, 0.15) is 23.4 Å². The van der Waals surface area contributed by atoms with Gasteiger partial charge in [-0.1, -0.05) is 19.9 Å². The van der Waals surface area contributed by atoms with Crippen molar-refractivity contribution in [3.63, 3.8) is 0 Å². The third-order valence-corrected chi connectivity index (χ3v) is 6.09. The van der Waals surface area contributed by atoms with Crippen LogP contribution in [-0.4, -0.2) is 57.4 Å². The van der Waals surface area contributed by atoms with Crippen molar-refractivity contribution in [3.05, 3.63) is 54.6 Å². The molecule has 2 aromatic carbocycles. The van der Waals surface area contributed by atoms with Crippen LogP contribution in [0.1, 0.15) is 24.2 Å². The lowest BCUT2D eigenvalue weighted by atomic mass is 9.84. The second-order valence-electron chi connectivity index (χ2n) is 9.27. The van der Waals surface area contributed by atoms with Gasteiger partial charge in [-0.3, -0.25) is 14.0 Å². The van der Waals surface area contributed by atoms with Gasteiger partial charge in [-0.2, -0.15) is 5.10 Å². The van der Waals surface area contributed by atoms with Crippen LogP contribution in [0.25, 0.3) is 27.8 Å². The fraction of sp³-hybridized carbons (Fsp3) is 0.320. The second kappa shape index (κ2) is 7.65. The van der Waals surface area contributed by atoms with Crippen molar-refractivity contribution in [2.24, 2.45) is 12.5 Å². The fourth-order valence-corrected chi connectivity index (χ4v) is 4.50. The molecule has 8 heteroatoms. The fourth-order valence-electron chi connectivity index (χ4n) is 4.50. The molecule has 4 aromatic rings. The summed E-state index contributed by atoms with van der Waals surface area (Å²) >= 11 is 0. The maximum Gasteiger partial charge on any atom is 0.261 e. The minimum Gasteiger partial charge on any atom is -0.496 e. The molecule has 1 saturated heterocycles. The van der Waals surface area contributed by atoms with Crippen LogP contribution in [0.2, 0.25) is 0 Å². The molecule has 1 fully saturated rings. The Labute approximate surface area is 192 Å². The summed E-state index contributed by atoms with van der Waals surface area (Å²) in [5, 5.41) is 4.25. The number of likely N-dealkylation sites (tertiary alicyclic amines) is 1. The van der Waals surface area contributed by atoms with Gasteiger partial charge < -0.3 is 14.4 Å². The van der Waals surface area contributed by atoms with E-state index in [1.54, 1.807) is 25.2 Å². The Kier molecular flexibility index (Phi) is 4.88. The van der Waals surface area contributed by atoms with Crippen LogP contribution in [0, 0.1) is 5.41 Å². The predicted molar refractivity (Wildman–Crippen MR) is 126 cm³/mol. The van der Waals surface area contributed by atoms with Crippen molar-refractivity contribution in [1.82, 2.24) is 24.2 Å². The van der Waals surface area contributed by atoms with Crippen molar-refractivity contribution >= 4 is 16.9 Å². The van der Waals surface area contributed by atoms with Crippen molar-refractivity contribution in [1.29, 1.82) is 0 Å². The first-order chi connectivity index (χ1) is 15.8. The minimum absolute atomic E-state index is 0.0776. The molecular weight excluding hydrogens is 418 g/mol. The average molecular weight is 446 g/mol. The van der Waals surface area contributed by atoms with Gasteiger partial charge in [0.25, 0.3) is 5.91 Å². The van der Waals surface area contributed by atoms with Gasteiger partial charge in [0.2, 0.25) is 0 Å². The molecule has 1 aliphatic heterocycles. The first-order valence-electron chi connectivity index (χ1n) is 10.8. The summed E-state index contributed by atoms with van der Waals surface area (Å²) in [4.78, 5) is 19.6. The highest BCUT2D eigenvalue weighted by atomic mass is 16.5. The third kappa shape index (κ3) is 3.61. The molecule has 0 spiro atoms. The van der Waals surface area contributed by atoms with Gasteiger partial charge in [-0.05, 0) is 23.1 Å². The van der Waals surface area contributed by atoms with E-state index in [1.807, 2.05) is 53.2 Å². The molecule has 0 N–H and O–H groups in total. The lowest BCUT2D eigenvalue weighted by Gasteiger charge is -2.46. The standard InChI is InChI=1S/C25H27N5O3/c1-25(2)13-29(14-25)24(31)23-21(32-4)9-18(10-22(23)33-5)30-15-26-19-8-16(6-7-20(19)30)17-11-27-28(3)12-17/h6-12,15H,13-14H2,1-5H3. The number of aryl methyl sites for hydroxylation is 1. The zero-order valence-corrected chi connectivity index (χ0v) is 19.5. The van der Waals surface area contributed by atoms with Crippen molar-refractivity contribution in [3.8, 4) is 28.3 Å². The molecule has 33 heavy (non-hydrogen) atoms. The lowest BCUT2D eigenvalue weighted by molar-refractivity contribution is 0.0230. The van der Waals surface area contributed by atoms with E-state index in [0.29, 0.717) is 30.2 Å². The summed E-state index contributed by atoms with van der Waals surface area (Å²) in [5.74, 6) is 0.881. The van der Waals surface area contributed by atoms with Crippen molar-refractivity contribution < 1.29 is 14.3 Å². The molecule has 1 aliphatic rings. The van der Waals surface area contributed by atoms with E-state index in [1.165, 1.54) is 0 Å². The summed E-state index contributed by atoms with van der Waals surface area (Å²) < 4.78 is 15.0. The number of aromatic nitrogens is 4. The first-order valence-corrected chi connectivity index (χ1v) is 10.8. The Morgan fingerprint density at radius 1 is 1.03 bits per heavy atom. The summed E-state index contributed by atoms with van der Waals surface area (Å²) in [7, 11) is 5.04. The molecule has 3 heterocycles. The molecule has 0 atom stereocenters. The normalized spacial score (nSPS) is 14.9. The third-order valence-electron chi connectivity index (χ3n) is 6.09. The number of methoxy groups -OCH3 is 2. The number of nitrogens with zero attached hydrogens (tertiary/aromatic N) is 5. The van der Waals surface area contributed by atoms with Crippen molar-refractivity contribution in [2.45, 2.75) is 13.8 Å². The van der Waals surface area contributed by atoms with Crippen LogP contribution < -0.4 is 9.47 Å². The highest BCUT2D eigenvalue weighted by molar-refractivity contribution is 6.01. The largest absolute Gasteiger partial charge is 0.496 e. The summed E-state index contributed by atoms with van der Waals surface area (Å²) in [5.41, 5.74) is 5.28. The topological polar surface area (TPSA) is 74.4 Å². The Morgan fingerprint density at radius 3 is 2.30 bits per heavy atom. The molecule has 0 aliphatic carbocycles. The Bertz CT molecular complexity index is 1330. The molecule has 2 aromatic heterocycles. The number of benzene rings is 2. The van der Waals surface area contributed by atoms with E-state index in [-0.39, 0.29) is 11.3 Å². The van der Waals surface area contributed by atoms with Gasteiger partial charge in [0, 0.05) is 44.0 Å². The molecular formula is C25H27N5O3. The maximum absolute atomic E-state index is 13.2. The summed E-state index contributed by atoms with van der Waals surface area (Å²) in [6, 6.07) is 9.84. The Balaban J connectivity index is 1.55. The first kappa shape index (κ1) is 21.1. The van der Waals surface area contributed by atoms with Gasteiger partial charge in [-0.25, -0.2) is 4.98 Å². The minimum atomic E-state index is -0.0776. The summed E-state index contributed by atoms with van der Waals surface area (Å²) in [6.45, 7) is 5.73. The average Bonchev–Trinajstić information content (AvgIpc) is 3.41. The highest BCUT2D eigenvalue weighted by Gasteiger charge is 2.39. The van der Waals surface area contributed by atoms with E-state index < -0.39 is 0 Å². The number of carbonyl (C=O) groups excluding carboxylic acids is 1. The predicted octanol–water partition coefficient (Wildman–Crippen LogP) is 3.93. The molecule has 5 rings (SSSR count). The molecule has 0 bridgehead atoms. The van der Waals surface area contributed by atoms with E-state index in [4.69, 9.17) is 9.47 Å². The number of amides is 1. The quantitative estimate of drug-likeness (QED) is 0.465. The SMILES string of the molecule is COc1cc(-n2cnc3cc(-c4cnn(C)c4)ccc32)cc(OC)c1C(=O)N1CC(C)(C)C1. The lowest BCUT2D eigenvalue weighted by Crippen LogP contribution is -2.55.